The summed E-state index contributed by atoms with van der Waals surface area (Å²) < 4.78 is 32.5. The smallest absolute Gasteiger partial charge is 0.244 e. The third-order valence-corrected chi connectivity index (χ3v) is 5.95. The van der Waals surface area contributed by atoms with Crippen LogP contribution in [0.1, 0.15) is 19.4 Å². The normalized spacial score (nSPS) is 19.7. The van der Waals surface area contributed by atoms with Crippen molar-refractivity contribution in [2.24, 2.45) is 5.73 Å². The Balaban J connectivity index is 2.47. The van der Waals surface area contributed by atoms with Gasteiger partial charge in [0.1, 0.15) is 4.90 Å². The number of rotatable bonds is 3. The molecule has 2 rings (SSSR count). The van der Waals surface area contributed by atoms with Gasteiger partial charge in [-0.1, -0.05) is 23.2 Å². The SMILES string of the molecule is CC1(C)CN(S(=O)(=O)c2cc(Cl)cc(CN)c2Cl)CCO1. The van der Waals surface area contributed by atoms with Gasteiger partial charge in [0.25, 0.3) is 0 Å². The summed E-state index contributed by atoms with van der Waals surface area (Å²) in [5.41, 5.74) is 5.56. The summed E-state index contributed by atoms with van der Waals surface area (Å²) in [4.78, 5) is -0.00480. The van der Waals surface area contributed by atoms with E-state index in [9.17, 15) is 8.42 Å². The van der Waals surface area contributed by atoms with Crippen LogP contribution < -0.4 is 5.73 Å². The highest BCUT2D eigenvalue weighted by atomic mass is 35.5. The maximum absolute atomic E-state index is 12.8. The monoisotopic (exact) mass is 352 g/mol. The first kappa shape index (κ1) is 17.0. The van der Waals surface area contributed by atoms with Crippen LogP contribution in [0.2, 0.25) is 10.0 Å². The molecule has 0 atom stereocenters. The second-order valence-electron chi connectivity index (χ2n) is 5.53. The quantitative estimate of drug-likeness (QED) is 0.905. The van der Waals surface area contributed by atoms with E-state index in [1.54, 1.807) is 6.07 Å². The van der Waals surface area contributed by atoms with Gasteiger partial charge in [-0.25, -0.2) is 8.42 Å². The van der Waals surface area contributed by atoms with Crippen molar-refractivity contribution in [3.05, 3.63) is 27.7 Å². The number of morpholine rings is 1. The molecule has 0 radical (unpaired) electrons. The van der Waals surface area contributed by atoms with Gasteiger partial charge >= 0.3 is 0 Å². The van der Waals surface area contributed by atoms with E-state index in [2.05, 4.69) is 0 Å². The molecule has 0 unspecified atom stereocenters. The summed E-state index contributed by atoms with van der Waals surface area (Å²) in [7, 11) is -3.74. The van der Waals surface area contributed by atoms with Gasteiger partial charge < -0.3 is 10.5 Å². The van der Waals surface area contributed by atoms with Crippen LogP contribution in [0.4, 0.5) is 0 Å². The summed E-state index contributed by atoms with van der Waals surface area (Å²) in [6.07, 6.45) is 0. The average Bonchev–Trinajstić information content (AvgIpc) is 2.39. The Kier molecular flexibility index (Phi) is 4.87. The van der Waals surface area contributed by atoms with Crippen molar-refractivity contribution in [3.8, 4) is 0 Å². The van der Waals surface area contributed by atoms with E-state index in [-0.39, 0.29) is 29.6 Å². The third-order valence-electron chi connectivity index (χ3n) is 3.31. The molecule has 118 valence electrons. The van der Waals surface area contributed by atoms with Crippen molar-refractivity contribution < 1.29 is 13.2 Å². The molecule has 1 fully saturated rings. The van der Waals surface area contributed by atoms with E-state index in [4.69, 9.17) is 33.7 Å². The standard InChI is InChI=1S/C13H18Cl2N2O3S/c1-13(2)8-17(3-4-20-13)21(18,19)11-6-10(14)5-9(7-16)12(11)15/h5-6H,3-4,7-8,16H2,1-2H3. The first-order chi connectivity index (χ1) is 9.67. The zero-order valence-corrected chi connectivity index (χ0v) is 14.2. The average molecular weight is 353 g/mol. The summed E-state index contributed by atoms with van der Waals surface area (Å²) >= 11 is 12.2. The van der Waals surface area contributed by atoms with Crippen LogP contribution >= 0.6 is 23.2 Å². The second-order valence-corrected chi connectivity index (χ2v) is 8.25. The highest BCUT2D eigenvalue weighted by molar-refractivity contribution is 7.89. The molecule has 0 amide bonds. The molecule has 1 aromatic carbocycles. The zero-order valence-electron chi connectivity index (χ0n) is 11.9. The lowest BCUT2D eigenvalue weighted by atomic mass is 10.1. The predicted molar refractivity (Wildman–Crippen MR) is 83.1 cm³/mol. The highest BCUT2D eigenvalue weighted by Gasteiger charge is 2.36. The molecule has 0 bridgehead atoms. The molecule has 5 nitrogen and oxygen atoms in total. The minimum absolute atomic E-state index is 0.00480. The van der Waals surface area contributed by atoms with Crippen molar-refractivity contribution in [1.82, 2.24) is 4.31 Å². The van der Waals surface area contributed by atoms with Crippen molar-refractivity contribution in [3.63, 3.8) is 0 Å². The number of nitrogens with two attached hydrogens (primary N) is 1. The predicted octanol–water partition coefficient (Wildman–Crippen LogP) is 2.25. The van der Waals surface area contributed by atoms with Gasteiger partial charge in [0.15, 0.2) is 0 Å². The molecule has 0 saturated carbocycles. The van der Waals surface area contributed by atoms with Gasteiger partial charge in [0.05, 0.1) is 17.2 Å². The van der Waals surface area contributed by atoms with Gasteiger partial charge in [-0.05, 0) is 31.5 Å². The van der Waals surface area contributed by atoms with Crippen molar-refractivity contribution in [2.75, 3.05) is 19.7 Å². The van der Waals surface area contributed by atoms with E-state index in [0.717, 1.165) is 0 Å². The minimum Gasteiger partial charge on any atom is -0.373 e. The molecule has 1 aromatic rings. The molecule has 0 aliphatic carbocycles. The third kappa shape index (κ3) is 3.52. The Labute approximate surface area is 135 Å². The topological polar surface area (TPSA) is 72.6 Å². The molecule has 21 heavy (non-hydrogen) atoms. The Bertz CT molecular complexity index is 647. The van der Waals surface area contributed by atoms with Crippen LogP contribution in [0, 0.1) is 0 Å². The number of benzene rings is 1. The lowest BCUT2D eigenvalue weighted by Gasteiger charge is -2.37. The Morgan fingerprint density at radius 2 is 2.05 bits per heavy atom. The lowest BCUT2D eigenvalue weighted by molar-refractivity contribution is -0.0640. The molecule has 2 N–H and O–H groups in total. The molecule has 1 saturated heterocycles. The Morgan fingerprint density at radius 1 is 1.38 bits per heavy atom. The number of nitrogens with zero attached hydrogens (tertiary/aromatic N) is 1. The van der Waals surface area contributed by atoms with E-state index in [0.29, 0.717) is 17.2 Å². The maximum atomic E-state index is 12.8. The van der Waals surface area contributed by atoms with Crippen LogP contribution in [0.15, 0.2) is 17.0 Å². The van der Waals surface area contributed by atoms with Gasteiger partial charge in [0.2, 0.25) is 10.0 Å². The largest absolute Gasteiger partial charge is 0.373 e. The van der Waals surface area contributed by atoms with Crippen LogP contribution in [0.5, 0.6) is 0 Å². The molecule has 1 aliphatic rings. The molecule has 0 spiro atoms. The van der Waals surface area contributed by atoms with Gasteiger partial charge in [-0.15, -0.1) is 0 Å². The molecule has 8 heteroatoms. The minimum atomic E-state index is -3.74. The fourth-order valence-electron chi connectivity index (χ4n) is 2.27. The number of hydrogen-bond donors (Lipinski definition) is 1. The Morgan fingerprint density at radius 3 is 2.62 bits per heavy atom. The zero-order chi connectivity index (χ0) is 15.8. The molecule has 0 aromatic heterocycles. The molecular formula is C13H18Cl2N2O3S. The molecule has 1 heterocycles. The van der Waals surface area contributed by atoms with Crippen molar-refractivity contribution in [2.45, 2.75) is 30.9 Å². The summed E-state index contributed by atoms with van der Waals surface area (Å²) in [5, 5.41) is 0.428. The number of halogens is 2. The number of hydrogen-bond acceptors (Lipinski definition) is 4. The fourth-order valence-corrected chi connectivity index (χ4v) is 4.76. The van der Waals surface area contributed by atoms with Gasteiger partial charge in [-0.3, -0.25) is 0 Å². The van der Waals surface area contributed by atoms with Crippen LogP contribution in [0.3, 0.4) is 0 Å². The second kappa shape index (κ2) is 6.02. The maximum Gasteiger partial charge on any atom is 0.244 e. The van der Waals surface area contributed by atoms with Crippen molar-refractivity contribution >= 4 is 33.2 Å². The summed E-state index contributed by atoms with van der Waals surface area (Å²) in [6.45, 7) is 4.70. The summed E-state index contributed by atoms with van der Waals surface area (Å²) in [6, 6.07) is 2.94. The number of ether oxygens (including phenoxy) is 1. The first-order valence-electron chi connectivity index (χ1n) is 6.49. The van der Waals surface area contributed by atoms with Crippen LogP contribution in [-0.4, -0.2) is 38.0 Å². The van der Waals surface area contributed by atoms with Crippen molar-refractivity contribution in [1.29, 1.82) is 0 Å². The first-order valence-corrected chi connectivity index (χ1v) is 8.69. The summed E-state index contributed by atoms with van der Waals surface area (Å²) in [5.74, 6) is 0. The van der Waals surface area contributed by atoms with E-state index >= 15 is 0 Å². The lowest BCUT2D eigenvalue weighted by Crippen LogP contribution is -2.50. The van der Waals surface area contributed by atoms with Crippen LogP contribution in [0.25, 0.3) is 0 Å². The van der Waals surface area contributed by atoms with Crippen LogP contribution in [-0.2, 0) is 21.3 Å². The number of sulfonamides is 1. The van der Waals surface area contributed by atoms with E-state index in [1.165, 1.54) is 10.4 Å². The van der Waals surface area contributed by atoms with Gasteiger partial charge in [0, 0.05) is 24.7 Å². The molecular weight excluding hydrogens is 335 g/mol. The van der Waals surface area contributed by atoms with E-state index in [1.807, 2.05) is 13.8 Å². The molecule has 1 aliphatic heterocycles. The van der Waals surface area contributed by atoms with Gasteiger partial charge in [-0.2, -0.15) is 4.31 Å². The Hall–Kier alpha value is -0.370. The fraction of sp³-hybridized carbons (Fsp3) is 0.538. The van der Waals surface area contributed by atoms with E-state index < -0.39 is 15.6 Å². The highest BCUT2D eigenvalue weighted by Crippen LogP contribution is 2.32.